The minimum atomic E-state index is -0.0580. The molecule has 40 heteroatoms. The first kappa shape index (κ1) is 89.8. The lowest BCUT2D eigenvalue weighted by molar-refractivity contribution is -0.127. The Hall–Kier alpha value is -16.2. The van der Waals surface area contributed by atoms with Crippen LogP contribution in [-0.4, -0.2) is 199 Å². The van der Waals surface area contributed by atoms with E-state index in [-0.39, 0.29) is 47.8 Å². The Balaban J connectivity index is 0.000000124. The van der Waals surface area contributed by atoms with Crippen molar-refractivity contribution in [1.82, 2.24) is 99.3 Å². The Morgan fingerprint density at radius 2 is 0.530 bits per heavy atom. The first-order valence-corrected chi connectivity index (χ1v) is 46.0. The fourth-order valence-corrected chi connectivity index (χ4v) is 17.8. The van der Waals surface area contributed by atoms with E-state index >= 15 is 0 Å². The van der Waals surface area contributed by atoms with Crippen LogP contribution in [0, 0.1) is 0 Å². The van der Waals surface area contributed by atoms with Gasteiger partial charge in [0.2, 0.25) is 70.9 Å². The van der Waals surface area contributed by atoms with Crippen LogP contribution in [0.25, 0.3) is 41.4 Å². The van der Waals surface area contributed by atoms with E-state index < -0.39 is 0 Å². The Morgan fingerprint density at radius 3 is 0.776 bits per heavy atom. The summed E-state index contributed by atoms with van der Waals surface area (Å²) in [6.45, 7) is 19.5. The number of carbonyl (C=O) groups excluding carboxylic acids is 4. The third kappa shape index (κ3) is 24.5. The van der Waals surface area contributed by atoms with Crippen LogP contribution in [0.15, 0.2) is 270 Å². The van der Waals surface area contributed by atoms with Gasteiger partial charge in [0.05, 0.1) is 0 Å². The number of anilines is 12. The predicted molar refractivity (Wildman–Crippen MR) is 521 cm³/mol. The SMILES string of the molecule is C=CC(=O)N1CCC[C@@H](Nc2nccc(Nc3nc4ccc(Oc5ccccc5)nc4s3)n2)C1.C=CC(=O)N1CCC[C@H](Nc2nccc(Nc3nc4ccc(Oc5ccccc5)nc4s3)n2)C1.C=CC(=O)N1CC[C@@H](Nc2nccc(Nc3nc4ccc(Oc5ccccc5)nc4s3)n2)C1.C=CC(=O)N1CC[C@H](Nc2nccc(Nc3nc4ccc(Oc5ccccc5)nc4s3)n2)C1. The Kier molecular flexibility index (Phi) is 29.1. The van der Waals surface area contributed by atoms with Crippen molar-refractivity contribution >= 4 is 178 Å². The zero-order chi connectivity index (χ0) is 91.9. The number of amides is 4. The number of para-hydroxylation sites is 4. The maximum absolute atomic E-state index is 11.9. The molecule has 0 bridgehead atoms. The van der Waals surface area contributed by atoms with Gasteiger partial charge >= 0.3 is 0 Å². The summed E-state index contributed by atoms with van der Waals surface area (Å²) in [4.78, 5) is 130. The highest BCUT2D eigenvalue weighted by Gasteiger charge is 2.29. The summed E-state index contributed by atoms with van der Waals surface area (Å²) >= 11 is 5.66. The number of piperidine rings is 2. The molecule has 134 heavy (non-hydrogen) atoms. The van der Waals surface area contributed by atoms with Crippen LogP contribution in [0.4, 0.5) is 67.6 Å². The zero-order valence-electron chi connectivity index (χ0n) is 72.0. The van der Waals surface area contributed by atoms with Crippen LogP contribution in [0.1, 0.15) is 38.5 Å². The smallest absolute Gasteiger partial charge is 0.246 e. The van der Waals surface area contributed by atoms with Crippen molar-refractivity contribution in [2.75, 3.05) is 94.9 Å². The molecule has 4 amide bonds. The van der Waals surface area contributed by atoms with Gasteiger partial charge in [0.15, 0.2) is 20.5 Å². The monoisotopic (exact) mass is 1860 g/mol. The molecule has 4 aliphatic rings. The average molecular weight is 1870 g/mol. The summed E-state index contributed by atoms with van der Waals surface area (Å²) in [5.41, 5.74) is 3.09. The summed E-state index contributed by atoms with van der Waals surface area (Å²) in [7, 11) is 0. The topological polar surface area (TPSA) is 421 Å². The van der Waals surface area contributed by atoms with Crippen LogP contribution in [0.5, 0.6) is 46.5 Å². The van der Waals surface area contributed by atoms with E-state index in [0.29, 0.717) is 130 Å². The molecule has 4 fully saturated rings. The molecular formula is C94H88N28O8S4. The average Bonchev–Trinajstić information content (AvgIpc) is 1.51. The first-order valence-electron chi connectivity index (χ1n) is 42.8. The lowest BCUT2D eigenvalue weighted by Gasteiger charge is -2.32. The maximum Gasteiger partial charge on any atom is 0.246 e. The molecule has 4 aromatic carbocycles. The minimum absolute atomic E-state index is 0.0513. The molecule has 4 saturated heterocycles. The van der Waals surface area contributed by atoms with Gasteiger partial charge in [-0.15, -0.1) is 0 Å². The molecule has 0 radical (unpaired) electrons. The van der Waals surface area contributed by atoms with Crippen LogP contribution in [0.3, 0.4) is 0 Å². The highest BCUT2D eigenvalue weighted by molar-refractivity contribution is 7.23. The Labute approximate surface area is 784 Å². The molecule has 0 saturated carbocycles. The number of nitrogens with zero attached hydrogens (tertiary/aromatic N) is 20. The quantitative estimate of drug-likeness (QED) is 0.0211. The molecule has 0 spiro atoms. The summed E-state index contributed by atoms with van der Waals surface area (Å²) in [6.07, 6.45) is 17.5. The summed E-state index contributed by atoms with van der Waals surface area (Å²) in [6, 6.07) is 60.3. The number of aromatic nitrogens is 16. The summed E-state index contributed by atoms with van der Waals surface area (Å²) in [5.74, 6) is 9.21. The molecule has 676 valence electrons. The fourth-order valence-electron chi connectivity index (χ4n) is 14.5. The second-order valence-corrected chi connectivity index (χ2v) is 34.3. The van der Waals surface area contributed by atoms with E-state index in [2.05, 4.69) is 149 Å². The van der Waals surface area contributed by atoms with Gasteiger partial charge in [-0.1, -0.05) is 144 Å². The Morgan fingerprint density at radius 1 is 0.291 bits per heavy atom. The highest BCUT2D eigenvalue weighted by atomic mass is 32.1. The first-order chi connectivity index (χ1) is 65.6. The van der Waals surface area contributed by atoms with E-state index in [1.165, 1.54) is 69.7 Å². The number of pyridine rings is 4. The second kappa shape index (κ2) is 43.5. The number of likely N-dealkylation sites (tertiary alicyclic amines) is 4. The maximum atomic E-state index is 11.9. The van der Waals surface area contributed by atoms with Crippen molar-refractivity contribution in [2.45, 2.75) is 62.7 Å². The standard InChI is InChI=1S/2C24H23N7O2S.2C23H21N7O2S/c2*1-2-21(32)31-14-6-7-16(15-31)26-23-25-13-12-19(28-23)29-24-27-18-10-11-20(30-22(18)34-24)33-17-8-4-3-5-9-17;2*1-2-20(31)30-13-11-15(14-30)25-22-24-12-10-18(27-22)28-23-26-17-8-9-19(29-21(17)33-23)32-16-6-4-3-5-7-16/h2*2-5,8-13,16H,1,6-7,14-15H2,(H2,25,26,27,28,29);2*2-10,12,15H,1,11,13-14H2,(H2,24,25,26,27,28)/t2*16-;2*15-/m1010/s1. The number of ether oxygens (including phenoxy) is 4. The lowest BCUT2D eigenvalue weighted by atomic mass is 10.1. The van der Waals surface area contributed by atoms with Crippen LogP contribution < -0.4 is 61.5 Å². The van der Waals surface area contributed by atoms with Gasteiger partial charge in [-0.05, 0) is 160 Å². The fraction of sp³-hybridized carbons (Fsp3) is 0.191. The van der Waals surface area contributed by atoms with Gasteiger partial charge in [0.25, 0.3) is 0 Å². The molecule has 16 aromatic rings. The molecule has 12 aromatic heterocycles. The van der Waals surface area contributed by atoms with Crippen LogP contribution in [-0.2, 0) is 19.2 Å². The van der Waals surface area contributed by atoms with Gasteiger partial charge in [-0.2, -0.15) is 19.9 Å². The van der Waals surface area contributed by atoms with Crippen molar-refractivity contribution in [3.63, 3.8) is 0 Å². The van der Waals surface area contributed by atoms with E-state index in [9.17, 15) is 19.2 Å². The van der Waals surface area contributed by atoms with Crippen LogP contribution in [0.2, 0.25) is 0 Å². The third-order valence-corrected chi connectivity index (χ3v) is 24.4. The molecule has 16 heterocycles. The van der Waals surface area contributed by atoms with E-state index in [0.717, 1.165) is 116 Å². The van der Waals surface area contributed by atoms with Gasteiger partial charge < -0.3 is 81.1 Å². The van der Waals surface area contributed by atoms with Crippen LogP contribution >= 0.6 is 45.3 Å². The second-order valence-electron chi connectivity index (χ2n) is 30.4. The largest absolute Gasteiger partial charge is 0.439 e. The Bertz CT molecular complexity index is 6420. The molecule has 20 rings (SSSR count). The number of hydrogen-bond donors (Lipinski definition) is 8. The summed E-state index contributed by atoms with van der Waals surface area (Å²) < 4.78 is 23.3. The minimum Gasteiger partial charge on any atom is -0.439 e. The van der Waals surface area contributed by atoms with E-state index in [4.69, 9.17) is 18.9 Å². The predicted octanol–water partition coefficient (Wildman–Crippen LogP) is 17.6. The number of rotatable bonds is 28. The van der Waals surface area contributed by atoms with Crippen molar-refractivity contribution < 1.29 is 38.1 Å². The molecule has 8 N–H and O–H groups in total. The molecule has 4 aliphatic heterocycles. The van der Waals surface area contributed by atoms with Crippen molar-refractivity contribution in [3.8, 4) is 46.5 Å². The van der Waals surface area contributed by atoms with E-state index in [1.807, 2.05) is 146 Å². The van der Waals surface area contributed by atoms with Gasteiger partial charge in [-0.25, -0.2) is 59.8 Å². The molecule has 36 nitrogen and oxygen atoms in total. The number of nitrogens with one attached hydrogen (secondary N) is 8. The normalized spacial score (nSPS) is 15.5. The van der Waals surface area contributed by atoms with Gasteiger partial charge in [0, 0.05) is 126 Å². The van der Waals surface area contributed by atoms with Crippen molar-refractivity contribution in [2.24, 2.45) is 0 Å². The molecule has 0 aliphatic carbocycles. The zero-order valence-corrected chi connectivity index (χ0v) is 75.2. The lowest BCUT2D eigenvalue weighted by Crippen LogP contribution is -2.44. The molecule has 4 atom stereocenters. The van der Waals surface area contributed by atoms with Crippen molar-refractivity contribution in [1.29, 1.82) is 0 Å². The number of thiazole rings is 4. The third-order valence-electron chi connectivity index (χ3n) is 20.8. The van der Waals surface area contributed by atoms with E-state index in [1.54, 1.807) is 92.9 Å². The highest BCUT2D eigenvalue weighted by Crippen LogP contribution is 2.36. The number of carbonyl (C=O) groups is 4. The van der Waals surface area contributed by atoms with Gasteiger partial charge in [0.1, 0.15) is 87.7 Å². The molecular weight excluding hydrogens is 1780 g/mol. The summed E-state index contributed by atoms with van der Waals surface area (Å²) in [5, 5.41) is 28.9. The number of fused-ring (bicyclic) bond motifs is 4. The van der Waals surface area contributed by atoms with Crippen molar-refractivity contribution in [3.05, 3.63) is 270 Å². The number of benzene rings is 4. The number of hydrogen-bond acceptors (Lipinski definition) is 36. The van der Waals surface area contributed by atoms with Gasteiger partial charge in [-0.3, -0.25) is 19.2 Å². The molecule has 0 unspecified atom stereocenters.